The van der Waals surface area contributed by atoms with Crippen molar-refractivity contribution in [3.8, 4) is 0 Å². The normalized spacial score (nSPS) is 35.5. The third kappa shape index (κ3) is 3.83. The Morgan fingerprint density at radius 3 is 2.72 bits per heavy atom. The fourth-order valence-electron chi connectivity index (χ4n) is 2.31. The summed E-state index contributed by atoms with van der Waals surface area (Å²) >= 11 is 1.36. The minimum atomic E-state index is -0.350. The molecule has 0 aromatic carbocycles. The molecular weight excluding hydrogens is 254 g/mol. The van der Waals surface area contributed by atoms with E-state index in [2.05, 4.69) is 9.89 Å². The summed E-state index contributed by atoms with van der Waals surface area (Å²) in [6.45, 7) is 2.16. The first kappa shape index (κ1) is 14.1. The number of thioether (sulfide) groups is 1. The van der Waals surface area contributed by atoms with Crippen LogP contribution in [0.5, 0.6) is 0 Å². The van der Waals surface area contributed by atoms with Gasteiger partial charge in [0.05, 0.1) is 18.3 Å². The third-order valence-corrected chi connectivity index (χ3v) is 4.21. The van der Waals surface area contributed by atoms with Crippen LogP contribution in [-0.2, 0) is 4.74 Å². The van der Waals surface area contributed by atoms with Crippen molar-refractivity contribution in [2.24, 2.45) is 10.7 Å². The van der Waals surface area contributed by atoms with Crippen LogP contribution in [0.4, 0.5) is 0 Å². The van der Waals surface area contributed by atoms with Gasteiger partial charge >= 0.3 is 0 Å². The highest BCUT2D eigenvalue weighted by molar-refractivity contribution is 8.14. The zero-order chi connectivity index (χ0) is 13.1. The number of aliphatic hydroxyl groups is 2. The van der Waals surface area contributed by atoms with Crippen LogP contribution in [0.1, 0.15) is 12.8 Å². The van der Waals surface area contributed by atoms with Gasteiger partial charge in [0, 0.05) is 39.5 Å². The van der Waals surface area contributed by atoms with E-state index in [1.807, 2.05) is 0 Å². The highest BCUT2D eigenvalue weighted by atomic mass is 32.2. The SMILES string of the molecule is CN=C(N)S[C@@H]1CC(O)CC(CN2CC(O)C2)O1. The summed E-state index contributed by atoms with van der Waals surface area (Å²) in [7, 11) is 1.64. The molecule has 6 nitrogen and oxygen atoms in total. The van der Waals surface area contributed by atoms with E-state index in [0.29, 0.717) is 31.1 Å². The fraction of sp³-hybridized carbons (Fsp3) is 0.909. The van der Waals surface area contributed by atoms with Gasteiger partial charge in [0.25, 0.3) is 0 Å². The van der Waals surface area contributed by atoms with Crippen LogP contribution in [0.15, 0.2) is 4.99 Å². The largest absolute Gasteiger partial charge is 0.393 e. The van der Waals surface area contributed by atoms with Crippen LogP contribution in [0.3, 0.4) is 0 Å². The number of rotatable bonds is 3. The fourth-order valence-corrected chi connectivity index (χ4v) is 3.21. The maximum Gasteiger partial charge on any atom is 0.156 e. The second-order valence-electron chi connectivity index (χ2n) is 4.86. The summed E-state index contributed by atoms with van der Waals surface area (Å²) in [6.07, 6.45) is 0.680. The van der Waals surface area contributed by atoms with Gasteiger partial charge in [-0.25, -0.2) is 0 Å². The van der Waals surface area contributed by atoms with E-state index < -0.39 is 0 Å². The van der Waals surface area contributed by atoms with E-state index >= 15 is 0 Å². The van der Waals surface area contributed by atoms with Crippen molar-refractivity contribution < 1.29 is 14.9 Å². The van der Waals surface area contributed by atoms with Crippen LogP contribution < -0.4 is 5.73 Å². The highest BCUT2D eigenvalue weighted by Gasteiger charge is 2.33. The van der Waals surface area contributed by atoms with Crippen LogP contribution in [-0.4, -0.2) is 70.7 Å². The molecule has 2 aliphatic heterocycles. The number of likely N-dealkylation sites (tertiary alicyclic amines) is 1. The summed E-state index contributed by atoms with van der Waals surface area (Å²) in [4.78, 5) is 6.01. The van der Waals surface area contributed by atoms with Crippen molar-refractivity contribution in [3.63, 3.8) is 0 Å². The van der Waals surface area contributed by atoms with E-state index in [0.717, 1.165) is 6.54 Å². The van der Waals surface area contributed by atoms with Crippen molar-refractivity contribution in [3.05, 3.63) is 0 Å². The second kappa shape index (κ2) is 6.21. The topological polar surface area (TPSA) is 91.3 Å². The molecule has 4 N–H and O–H groups in total. The smallest absolute Gasteiger partial charge is 0.156 e. The molecule has 0 aromatic heterocycles. The summed E-state index contributed by atoms with van der Waals surface area (Å²) in [6, 6.07) is 0. The average Bonchev–Trinajstić information content (AvgIpc) is 2.26. The molecule has 2 fully saturated rings. The van der Waals surface area contributed by atoms with Crippen molar-refractivity contribution in [2.45, 2.75) is 36.6 Å². The lowest BCUT2D eigenvalue weighted by Gasteiger charge is -2.41. The summed E-state index contributed by atoms with van der Waals surface area (Å²) in [5.74, 6) is 0. The maximum atomic E-state index is 9.85. The zero-order valence-electron chi connectivity index (χ0n) is 10.5. The molecule has 2 rings (SSSR count). The van der Waals surface area contributed by atoms with Gasteiger partial charge in [0.15, 0.2) is 5.17 Å². The number of hydrogen-bond acceptors (Lipinski definition) is 6. The van der Waals surface area contributed by atoms with E-state index in [-0.39, 0.29) is 23.7 Å². The molecule has 0 saturated carbocycles. The molecule has 0 aliphatic carbocycles. The third-order valence-electron chi connectivity index (χ3n) is 3.22. The first-order valence-electron chi connectivity index (χ1n) is 6.19. The number of nitrogens with two attached hydrogens (primary N) is 1. The number of ether oxygens (including phenoxy) is 1. The van der Waals surface area contributed by atoms with Gasteiger partial charge in [0.2, 0.25) is 0 Å². The molecule has 0 spiro atoms. The molecule has 18 heavy (non-hydrogen) atoms. The standard InChI is InChI=1S/C11H21N3O3S/c1-13-11(12)18-10-3-7(15)2-9(17-10)6-14-4-8(16)5-14/h7-10,15-16H,2-6H2,1H3,(H2,12,13)/t7?,9?,10-/m1/s1. The van der Waals surface area contributed by atoms with E-state index in [1.54, 1.807) is 7.05 Å². The second-order valence-corrected chi connectivity index (χ2v) is 6.04. The monoisotopic (exact) mass is 275 g/mol. The molecule has 104 valence electrons. The molecule has 2 aliphatic rings. The molecule has 0 aromatic rings. The Morgan fingerprint density at radius 1 is 1.39 bits per heavy atom. The lowest BCUT2D eigenvalue weighted by Crippen LogP contribution is -2.54. The predicted octanol–water partition coefficient (Wildman–Crippen LogP) is -0.793. The van der Waals surface area contributed by atoms with Crippen molar-refractivity contribution in [2.75, 3.05) is 26.7 Å². The van der Waals surface area contributed by atoms with Crippen molar-refractivity contribution >= 4 is 16.9 Å². The molecule has 0 amide bonds. The first-order chi connectivity index (χ1) is 8.56. The Kier molecular flexibility index (Phi) is 4.85. The van der Waals surface area contributed by atoms with E-state index in [4.69, 9.17) is 10.5 Å². The summed E-state index contributed by atoms with van der Waals surface area (Å²) < 4.78 is 5.89. The number of aliphatic imine (C=N–C) groups is 1. The van der Waals surface area contributed by atoms with E-state index in [1.165, 1.54) is 11.8 Å². The number of β-amino-alcohol motifs (C(OH)–C–C–N with tert-alkyl or cyclic N) is 1. The summed E-state index contributed by atoms with van der Waals surface area (Å²) in [5.41, 5.74) is 5.53. The lowest BCUT2D eigenvalue weighted by molar-refractivity contribution is -0.0913. The van der Waals surface area contributed by atoms with Crippen LogP contribution in [0.25, 0.3) is 0 Å². The molecule has 7 heteroatoms. The molecule has 2 saturated heterocycles. The van der Waals surface area contributed by atoms with Gasteiger partial charge in [0.1, 0.15) is 5.44 Å². The Hall–Kier alpha value is -0.340. The molecule has 3 atom stereocenters. The first-order valence-corrected chi connectivity index (χ1v) is 7.07. The van der Waals surface area contributed by atoms with Crippen molar-refractivity contribution in [1.29, 1.82) is 0 Å². The maximum absolute atomic E-state index is 9.85. The van der Waals surface area contributed by atoms with Gasteiger partial charge in [-0.15, -0.1) is 0 Å². The molecule has 0 bridgehead atoms. The van der Waals surface area contributed by atoms with Gasteiger partial charge < -0.3 is 20.7 Å². The van der Waals surface area contributed by atoms with Gasteiger partial charge in [-0.3, -0.25) is 9.89 Å². The van der Waals surface area contributed by atoms with Crippen LogP contribution in [0, 0.1) is 0 Å². The predicted molar refractivity (Wildman–Crippen MR) is 71.5 cm³/mol. The number of nitrogens with zero attached hydrogens (tertiary/aromatic N) is 2. The molecule has 2 unspecified atom stereocenters. The average molecular weight is 275 g/mol. The van der Waals surface area contributed by atoms with Crippen LogP contribution >= 0.6 is 11.8 Å². The van der Waals surface area contributed by atoms with Crippen LogP contribution in [0.2, 0.25) is 0 Å². The minimum Gasteiger partial charge on any atom is -0.393 e. The highest BCUT2D eigenvalue weighted by Crippen LogP contribution is 2.28. The summed E-state index contributed by atoms with van der Waals surface area (Å²) in [5, 5.41) is 19.6. The van der Waals surface area contributed by atoms with E-state index in [9.17, 15) is 10.2 Å². The van der Waals surface area contributed by atoms with Gasteiger partial charge in [-0.05, 0) is 0 Å². The number of aliphatic hydroxyl groups excluding tert-OH is 2. The van der Waals surface area contributed by atoms with Gasteiger partial charge in [-0.2, -0.15) is 0 Å². The Balaban J connectivity index is 1.80. The zero-order valence-corrected chi connectivity index (χ0v) is 11.3. The lowest BCUT2D eigenvalue weighted by atomic mass is 10.0. The number of amidine groups is 1. The molecule has 2 heterocycles. The molecule has 0 radical (unpaired) electrons. The molecular formula is C11H21N3O3S. The Bertz CT molecular complexity index is 310. The number of hydrogen-bond donors (Lipinski definition) is 3. The van der Waals surface area contributed by atoms with Gasteiger partial charge in [-0.1, -0.05) is 11.8 Å². The van der Waals surface area contributed by atoms with Crippen molar-refractivity contribution in [1.82, 2.24) is 4.90 Å². The quantitative estimate of drug-likeness (QED) is 0.462. The minimum absolute atomic E-state index is 0.00315. The Labute approximate surface area is 111 Å². The Morgan fingerprint density at radius 2 is 2.11 bits per heavy atom.